The second kappa shape index (κ2) is 2.34. The fraction of sp³-hybridized carbons (Fsp3) is 1.00. The summed E-state index contributed by atoms with van der Waals surface area (Å²) in [7, 11) is 0. The second-order valence-corrected chi connectivity index (χ2v) is 5.75. The summed E-state index contributed by atoms with van der Waals surface area (Å²) in [6.45, 7) is 2.38. The smallest absolute Gasteiger partial charge is 0.0506 e. The van der Waals surface area contributed by atoms with Gasteiger partial charge < -0.3 is 16.0 Å². The maximum atomic E-state index is 3.90. The second-order valence-electron chi connectivity index (χ2n) is 5.75. The van der Waals surface area contributed by atoms with E-state index in [0.29, 0.717) is 11.1 Å². The van der Waals surface area contributed by atoms with Gasteiger partial charge in [-0.05, 0) is 32.1 Å². The van der Waals surface area contributed by atoms with Crippen LogP contribution in [0.5, 0.6) is 0 Å². The largest absolute Gasteiger partial charge is 0.311 e. The molecule has 14 heavy (non-hydrogen) atoms. The molecular formula is C11H19N3. The summed E-state index contributed by atoms with van der Waals surface area (Å²) < 4.78 is 0. The lowest BCUT2D eigenvalue weighted by Gasteiger charge is -2.44. The van der Waals surface area contributed by atoms with Crippen LogP contribution in [-0.2, 0) is 0 Å². The van der Waals surface area contributed by atoms with Crippen molar-refractivity contribution in [3.05, 3.63) is 0 Å². The van der Waals surface area contributed by atoms with E-state index in [-0.39, 0.29) is 0 Å². The van der Waals surface area contributed by atoms with Crippen LogP contribution in [0, 0.1) is 0 Å². The Morgan fingerprint density at radius 2 is 1.86 bits per heavy atom. The molecule has 4 fully saturated rings. The van der Waals surface area contributed by atoms with E-state index in [1.807, 2.05) is 0 Å². The van der Waals surface area contributed by atoms with Crippen LogP contribution in [0.25, 0.3) is 0 Å². The zero-order valence-corrected chi connectivity index (χ0v) is 8.60. The number of nitrogens with one attached hydrogen (secondary N) is 3. The van der Waals surface area contributed by atoms with Crippen molar-refractivity contribution in [3.8, 4) is 0 Å². The predicted octanol–water partition coefficient (Wildman–Crippen LogP) is -0.0251. The third-order valence-electron chi connectivity index (χ3n) is 5.21. The van der Waals surface area contributed by atoms with Gasteiger partial charge in [0.15, 0.2) is 0 Å². The fourth-order valence-corrected chi connectivity index (χ4v) is 4.42. The number of hydrogen-bond acceptors (Lipinski definition) is 3. The number of rotatable bonds is 1. The first kappa shape index (κ1) is 8.08. The van der Waals surface area contributed by atoms with Gasteiger partial charge in [0.25, 0.3) is 0 Å². The zero-order chi connectivity index (χ0) is 9.23. The van der Waals surface area contributed by atoms with E-state index >= 15 is 0 Å². The molecule has 0 aromatic rings. The van der Waals surface area contributed by atoms with Gasteiger partial charge in [0.05, 0.1) is 5.54 Å². The third-order valence-corrected chi connectivity index (χ3v) is 5.21. The summed E-state index contributed by atoms with van der Waals surface area (Å²) in [6.07, 6.45) is 6.98. The molecule has 4 aliphatic heterocycles. The summed E-state index contributed by atoms with van der Waals surface area (Å²) >= 11 is 0. The highest BCUT2D eigenvalue weighted by atomic mass is 15.3. The summed E-state index contributed by atoms with van der Waals surface area (Å²) in [4.78, 5) is 0. The Morgan fingerprint density at radius 3 is 2.29 bits per heavy atom. The van der Waals surface area contributed by atoms with Gasteiger partial charge in [-0.3, -0.25) is 0 Å². The highest BCUT2D eigenvalue weighted by molar-refractivity contribution is 5.25. The molecule has 3 nitrogen and oxygen atoms in total. The Bertz CT molecular complexity index is 232. The SMILES string of the molecule is C1CC2([C@]34CN[C@H](CN3)C4)CCC1N2. The molecule has 0 radical (unpaired) electrons. The molecule has 2 atom stereocenters. The van der Waals surface area contributed by atoms with Crippen molar-refractivity contribution in [1.29, 1.82) is 0 Å². The van der Waals surface area contributed by atoms with Crippen molar-refractivity contribution >= 4 is 0 Å². The molecule has 3 N–H and O–H groups in total. The van der Waals surface area contributed by atoms with Gasteiger partial charge in [0.2, 0.25) is 0 Å². The quantitative estimate of drug-likeness (QED) is 0.547. The van der Waals surface area contributed by atoms with E-state index in [9.17, 15) is 0 Å². The summed E-state index contributed by atoms with van der Waals surface area (Å²) in [5.41, 5.74) is 0.860. The maximum absolute atomic E-state index is 3.90. The Hall–Kier alpha value is -0.120. The summed E-state index contributed by atoms with van der Waals surface area (Å²) in [5.74, 6) is 0. The van der Waals surface area contributed by atoms with E-state index in [1.165, 1.54) is 45.2 Å². The van der Waals surface area contributed by atoms with Gasteiger partial charge >= 0.3 is 0 Å². The van der Waals surface area contributed by atoms with E-state index in [2.05, 4.69) is 16.0 Å². The van der Waals surface area contributed by atoms with Crippen molar-refractivity contribution in [3.63, 3.8) is 0 Å². The molecule has 0 saturated carbocycles. The highest BCUT2D eigenvalue weighted by Crippen LogP contribution is 2.48. The third kappa shape index (κ3) is 0.765. The minimum absolute atomic E-state index is 0.406. The van der Waals surface area contributed by atoms with Gasteiger partial charge in [-0.2, -0.15) is 0 Å². The van der Waals surface area contributed by atoms with E-state index in [4.69, 9.17) is 0 Å². The van der Waals surface area contributed by atoms with Crippen molar-refractivity contribution in [2.45, 2.75) is 55.3 Å². The monoisotopic (exact) mass is 193 g/mol. The van der Waals surface area contributed by atoms with Crippen LogP contribution in [0.4, 0.5) is 0 Å². The standard InChI is InChI=1S/C11H19N3/c1-3-10(4-2-8(1)14-10)11-5-9(6-13-11)12-7-11/h8-9,12-14H,1-7H2/t8?,9-,10?,11-/m0/s1. The molecule has 0 aliphatic carbocycles. The van der Waals surface area contributed by atoms with Crippen LogP contribution in [-0.4, -0.2) is 36.3 Å². The molecular weight excluding hydrogens is 174 g/mol. The first-order valence-electron chi connectivity index (χ1n) is 6.08. The topological polar surface area (TPSA) is 36.1 Å². The molecule has 4 rings (SSSR count). The van der Waals surface area contributed by atoms with E-state index in [0.717, 1.165) is 12.1 Å². The Kier molecular flexibility index (Phi) is 1.35. The molecule has 3 heteroatoms. The molecule has 0 amide bonds. The van der Waals surface area contributed by atoms with Crippen LogP contribution in [0.1, 0.15) is 32.1 Å². The first-order valence-corrected chi connectivity index (χ1v) is 6.08. The number of hydrogen-bond donors (Lipinski definition) is 3. The molecule has 78 valence electrons. The molecule has 4 heterocycles. The lowest BCUT2D eigenvalue weighted by atomic mass is 9.72. The average molecular weight is 193 g/mol. The molecule has 0 unspecified atom stereocenters. The molecule has 0 aromatic carbocycles. The Labute approximate surface area is 85.0 Å². The highest BCUT2D eigenvalue weighted by Gasteiger charge is 2.62. The predicted molar refractivity (Wildman–Crippen MR) is 55.3 cm³/mol. The zero-order valence-electron chi connectivity index (χ0n) is 8.60. The number of piperazine rings is 1. The molecule has 0 aromatic heterocycles. The minimum atomic E-state index is 0.406. The Morgan fingerprint density at radius 1 is 1.00 bits per heavy atom. The van der Waals surface area contributed by atoms with Crippen LogP contribution in [0.2, 0.25) is 0 Å². The van der Waals surface area contributed by atoms with Gasteiger partial charge in [-0.25, -0.2) is 0 Å². The van der Waals surface area contributed by atoms with Crippen molar-refractivity contribution in [2.24, 2.45) is 0 Å². The van der Waals surface area contributed by atoms with Crippen LogP contribution in [0.15, 0.2) is 0 Å². The summed E-state index contributed by atoms with van der Waals surface area (Å²) in [6, 6.07) is 1.59. The molecule has 4 aliphatic rings. The molecule has 4 saturated heterocycles. The minimum Gasteiger partial charge on any atom is -0.311 e. The fourth-order valence-electron chi connectivity index (χ4n) is 4.42. The first-order chi connectivity index (χ1) is 6.82. The van der Waals surface area contributed by atoms with Crippen LogP contribution in [0.3, 0.4) is 0 Å². The number of fused-ring (bicyclic) bond motifs is 5. The maximum Gasteiger partial charge on any atom is 0.0506 e. The van der Waals surface area contributed by atoms with Crippen molar-refractivity contribution < 1.29 is 0 Å². The van der Waals surface area contributed by atoms with E-state index in [1.54, 1.807) is 0 Å². The van der Waals surface area contributed by atoms with Gasteiger partial charge in [0, 0.05) is 30.7 Å². The average Bonchev–Trinajstić information content (AvgIpc) is 2.98. The Balaban J connectivity index is 1.73. The van der Waals surface area contributed by atoms with Gasteiger partial charge in [-0.1, -0.05) is 0 Å². The molecule has 4 bridgehead atoms. The van der Waals surface area contributed by atoms with Gasteiger partial charge in [0.1, 0.15) is 0 Å². The summed E-state index contributed by atoms with van der Waals surface area (Å²) in [5, 5.41) is 11.4. The van der Waals surface area contributed by atoms with Crippen molar-refractivity contribution in [2.75, 3.05) is 13.1 Å². The normalized spacial score (nSPS) is 60.0. The van der Waals surface area contributed by atoms with Crippen LogP contribution >= 0.6 is 0 Å². The van der Waals surface area contributed by atoms with Gasteiger partial charge in [-0.15, -0.1) is 0 Å². The lowest BCUT2D eigenvalue weighted by molar-refractivity contribution is 0.182. The molecule has 0 spiro atoms. The van der Waals surface area contributed by atoms with E-state index < -0.39 is 0 Å². The van der Waals surface area contributed by atoms with Crippen molar-refractivity contribution in [1.82, 2.24) is 16.0 Å². The van der Waals surface area contributed by atoms with Crippen LogP contribution < -0.4 is 16.0 Å². The lowest BCUT2D eigenvalue weighted by Crippen LogP contribution is -2.66.